The molecule has 0 saturated heterocycles. The lowest BCUT2D eigenvalue weighted by molar-refractivity contribution is -0.291. The Morgan fingerprint density at radius 3 is 2.06 bits per heavy atom. The van der Waals surface area contributed by atoms with Gasteiger partial charge in [0.1, 0.15) is 11.4 Å². The Balaban J connectivity index is 2.38. The summed E-state index contributed by atoms with van der Waals surface area (Å²) in [5.41, 5.74) is -2.77. The van der Waals surface area contributed by atoms with E-state index in [0.717, 1.165) is 49.6 Å². The number of aromatic nitrogens is 2. The van der Waals surface area contributed by atoms with Gasteiger partial charge in [0.15, 0.2) is 11.6 Å². The highest BCUT2D eigenvalue weighted by atomic mass is 32.2. The van der Waals surface area contributed by atoms with E-state index in [-0.39, 0.29) is 34.0 Å². The molecule has 3 aromatic rings. The zero-order valence-corrected chi connectivity index (χ0v) is 17.9. The number of sulfonamides is 1. The zero-order chi connectivity index (χ0) is 24.8. The maximum absolute atomic E-state index is 14.7. The molecule has 0 spiro atoms. The lowest BCUT2D eigenvalue weighted by atomic mass is 9.96. The minimum atomic E-state index is -5.96. The standard InChI is InChI=1S/C20H17F6N3O3S/c1-3-29-18(19(22,23)20(24,25)26)16(12-6-9-15(32-2)14(21)10-12)17(28-29)11-4-7-13(8-5-11)33(27,30)31/h4-10H,3H2,1-2H3,(H2,27,30,31). The van der Waals surface area contributed by atoms with Crippen molar-refractivity contribution in [2.75, 3.05) is 7.11 Å². The molecule has 0 bridgehead atoms. The van der Waals surface area contributed by atoms with E-state index in [1.54, 1.807) is 0 Å². The fourth-order valence-corrected chi connectivity index (χ4v) is 3.76. The predicted octanol–water partition coefficient (Wildman–Crippen LogP) is 4.69. The van der Waals surface area contributed by atoms with E-state index < -0.39 is 39.2 Å². The first-order chi connectivity index (χ1) is 15.2. The lowest BCUT2D eigenvalue weighted by Gasteiger charge is -2.22. The second kappa shape index (κ2) is 8.37. The monoisotopic (exact) mass is 493 g/mol. The Kier molecular flexibility index (Phi) is 6.24. The minimum absolute atomic E-state index is 0.0139. The van der Waals surface area contributed by atoms with Crippen LogP contribution >= 0.6 is 0 Å². The van der Waals surface area contributed by atoms with Crippen molar-refractivity contribution in [1.29, 1.82) is 0 Å². The number of halogens is 6. The molecule has 3 rings (SSSR count). The number of ether oxygens (including phenoxy) is 1. The number of hydrogen-bond acceptors (Lipinski definition) is 4. The van der Waals surface area contributed by atoms with Gasteiger partial charge in [-0.1, -0.05) is 18.2 Å². The van der Waals surface area contributed by atoms with Crippen LogP contribution < -0.4 is 9.88 Å². The molecule has 1 heterocycles. The van der Waals surface area contributed by atoms with E-state index in [1.807, 2.05) is 0 Å². The first-order valence-corrected chi connectivity index (χ1v) is 10.8. The van der Waals surface area contributed by atoms with Crippen LogP contribution in [0.5, 0.6) is 5.75 Å². The van der Waals surface area contributed by atoms with Gasteiger partial charge >= 0.3 is 12.1 Å². The van der Waals surface area contributed by atoms with Crippen LogP contribution in [0.2, 0.25) is 0 Å². The van der Waals surface area contributed by atoms with Gasteiger partial charge in [0.2, 0.25) is 10.0 Å². The molecule has 0 amide bonds. The molecule has 0 unspecified atom stereocenters. The van der Waals surface area contributed by atoms with Crippen molar-refractivity contribution in [3.63, 3.8) is 0 Å². The zero-order valence-electron chi connectivity index (χ0n) is 17.1. The minimum Gasteiger partial charge on any atom is -0.494 e. The third kappa shape index (κ3) is 4.42. The first kappa shape index (κ1) is 24.6. The second-order valence-electron chi connectivity index (χ2n) is 6.88. The molecule has 0 fully saturated rings. The topological polar surface area (TPSA) is 87.2 Å². The van der Waals surface area contributed by atoms with Crippen LogP contribution in [0.3, 0.4) is 0 Å². The Labute approximate surface area is 184 Å². The molecule has 33 heavy (non-hydrogen) atoms. The summed E-state index contributed by atoms with van der Waals surface area (Å²) in [6.07, 6.45) is -5.96. The van der Waals surface area contributed by atoms with Gasteiger partial charge in [-0.25, -0.2) is 17.9 Å². The van der Waals surface area contributed by atoms with Gasteiger partial charge < -0.3 is 4.74 Å². The van der Waals surface area contributed by atoms with Crippen LogP contribution in [0.25, 0.3) is 22.4 Å². The SMILES string of the molecule is CCn1nc(-c2ccc(S(N)(=O)=O)cc2)c(-c2ccc(OC)c(F)c2)c1C(F)(F)C(F)(F)F. The molecule has 2 N–H and O–H groups in total. The maximum Gasteiger partial charge on any atom is 0.459 e. The first-order valence-electron chi connectivity index (χ1n) is 9.25. The molecule has 2 aromatic carbocycles. The highest BCUT2D eigenvalue weighted by Gasteiger charge is 2.62. The van der Waals surface area contributed by atoms with E-state index >= 15 is 0 Å². The third-order valence-electron chi connectivity index (χ3n) is 4.80. The maximum atomic E-state index is 14.7. The van der Waals surface area contributed by atoms with Crippen molar-refractivity contribution in [3.05, 3.63) is 54.0 Å². The molecule has 6 nitrogen and oxygen atoms in total. The molecule has 13 heteroatoms. The third-order valence-corrected chi connectivity index (χ3v) is 5.73. The Morgan fingerprint density at radius 1 is 1.03 bits per heavy atom. The molecule has 0 saturated carbocycles. The summed E-state index contributed by atoms with van der Waals surface area (Å²) in [7, 11) is -2.92. The number of hydrogen-bond donors (Lipinski definition) is 1. The number of benzene rings is 2. The number of aryl methyl sites for hydroxylation is 1. The van der Waals surface area contributed by atoms with Gasteiger partial charge in [0.25, 0.3) is 0 Å². The Bertz CT molecular complexity index is 1290. The van der Waals surface area contributed by atoms with Gasteiger partial charge in [-0.05, 0) is 36.8 Å². The van der Waals surface area contributed by atoms with Crippen LogP contribution in [-0.4, -0.2) is 31.5 Å². The van der Waals surface area contributed by atoms with Gasteiger partial charge in [-0.2, -0.15) is 27.1 Å². The van der Waals surface area contributed by atoms with Gasteiger partial charge in [-0.3, -0.25) is 4.68 Å². The van der Waals surface area contributed by atoms with E-state index in [2.05, 4.69) is 5.10 Å². The Morgan fingerprint density at radius 2 is 1.61 bits per heavy atom. The summed E-state index contributed by atoms with van der Waals surface area (Å²) in [6.45, 7) is 0.955. The smallest absolute Gasteiger partial charge is 0.459 e. The second-order valence-corrected chi connectivity index (χ2v) is 8.44. The van der Waals surface area contributed by atoms with Crippen molar-refractivity contribution < 1.29 is 39.5 Å². The number of alkyl halides is 5. The van der Waals surface area contributed by atoms with Crippen molar-refractivity contribution >= 4 is 10.0 Å². The molecule has 0 radical (unpaired) electrons. The molecular weight excluding hydrogens is 476 g/mol. The van der Waals surface area contributed by atoms with Crippen molar-refractivity contribution in [2.24, 2.45) is 5.14 Å². The average molecular weight is 493 g/mol. The van der Waals surface area contributed by atoms with Crippen molar-refractivity contribution in [1.82, 2.24) is 9.78 Å². The fourth-order valence-electron chi connectivity index (χ4n) is 3.24. The number of nitrogens with two attached hydrogens (primary N) is 1. The summed E-state index contributed by atoms with van der Waals surface area (Å²) in [6, 6.07) is 7.37. The predicted molar refractivity (Wildman–Crippen MR) is 107 cm³/mol. The molecule has 0 aliphatic heterocycles. The van der Waals surface area contributed by atoms with E-state index in [4.69, 9.17) is 9.88 Å². The number of primary sulfonamides is 1. The highest BCUT2D eigenvalue weighted by Crippen LogP contribution is 2.50. The highest BCUT2D eigenvalue weighted by molar-refractivity contribution is 7.89. The van der Waals surface area contributed by atoms with Gasteiger partial charge in [0, 0.05) is 17.7 Å². The number of methoxy groups -OCH3 is 1. The lowest BCUT2D eigenvalue weighted by Crippen LogP contribution is -2.36. The summed E-state index contributed by atoms with van der Waals surface area (Å²) in [4.78, 5) is -0.306. The Hall–Kier alpha value is -3.06. The molecule has 1 aromatic heterocycles. The quantitative estimate of drug-likeness (QED) is 0.505. The summed E-state index contributed by atoms with van der Waals surface area (Å²) in [5, 5.41) is 8.96. The molecule has 0 aliphatic carbocycles. The van der Waals surface area contributed by atoms with Crippen LogP contribution in [0.1, 0.15) is 12.6 Å². The van der Waals surface area contributed by atoms with Crippen LogP contribution in [0.15, 0.2) is 47.4 Å². The molecular formula is C20H17F6N3O3S. The summed E-state index contributed by atoms with van der Waals surface area (Å²) in [5.74, 6) is -6.57. The normalized spacial score (nSPS) is 12.8. The van der Waals surface area contributed by atoms with Crippen LogP contribution in [-0.2, 0) is 22.5 Å². The van der Waals surface area contributed by atoms with Gasteiger partial charge in [-0.15, -0.1) is 0 Å². The van der Waals surface area contributed by atoms with Crippen molar-refractivity contribution in [3.8, 4) is 28.1 Å². The summed E-state index contributed by atoms with van der Waals surface area (Å²) < 4.78 is 112. The largest absolute Gasteiger partial charge is 0.494 e. The van der Waals surface area contributed by atoms with Crippen LogP contribution in [0, 0.1) is 5.82 Å². The van der Waals surface area contributed by atoms with E-state index in [1.165, 1.54) is 6.92 Å². The van der Waals surface area contributed by atoms with E-state index in [9.17, 15) is 34.8 Å². The average Bonchev–Trinajstić information content (AvgIpc) is 3.12. The fraction of sp³-hybridized carbons (Fsp3) is 0.250. The summed E-state index contributed by atoms with van der Waals surface area (Å²) >= 11 is 0. The molecule has 0 aliphatic rings. The van der Waals surface area contributed by atoms with Gasteiger partial charge in [0.05, 0.1) is 12.0 Å². The van der Waals surface area contributed by atoms with Crippen LogP contribution in [0.4, 0.5) is 26.3 Å². The van der Waals surface area contributed by atoms with Crippen molar-refractivity contribution in [2.45, 2.75) is 30.5 Å². The number of rotatable bonds is 6. The molecule has 178 valence electrons. The molecule has 0 atom stereocenters. The van der Waals surface area contributed by atoms with E-state index in [0.29, 0.717) is 4.68 Å². The number of nitrogens with zero attached hydrogens (tertiary/aromatic N) is 2.